The third kappa shape index (κ3) is 7.06. The van der Waals surface area contributed by atoms with Gasteiger partial charge < -0.3 is 20.7 Å². The minimum Gasteiger partial charge on any atom is -0.493 e. The monoisotopic (exact) mass is 386 g/mol. The Balaban J connectivity index is 1.36. The highest BCUT2D eigenvalue weighted by molar-refractivity contribution is 5.81. The van der Waals surface area contributed by atoms with Crippen molar-refractivity contribution in [1.82, 2.24) is 16.0 Å². The summed E-state index contributed by atoms with van der Waals surface area (Å²) < 4.78 is 5.96. The fourth-order valence-electron chi connectivity index (χ4n) is 3.52. The van der Waals surface area contributed by atoms with Gasteiger partial charge in [-0.1, -0.05) is 37.5 Å². The number of nitrogens with one attached hydrogen (secondary N) is 3. The minimum atomic E-state index is 0.119. The first kappa shape index (κ1) is 20.5. The SMILES string of the molecule is CN=C(NCCC(=O)NC1CCCCC1)NCc1ccccc1OCC1CC1. The Morgan fingerprint density at radius 1 is 1.11 bits per heavy atom. The molecule has 2 aliphatic carbocycles. The van der Waals surface area contributed by atoms with Crippen molar-refractivity contribution in [3.8, 4) is 5.75 Å². The minimum absolute atomic E-state index is 0.119. The number of guanidine groups is 1. The molecular weight excluding hydrogens is 352 g/mol. The summed E-state index contributed by atoms with van der Waals surface area (Å²) in [5, 5.41) is 9.68. The van der Waals surface area contributed by atoms with Gasteiger partial charge in [-0.05, 0) is 37.7 Å². The molecule has 154 valence electrons. The van der Waals surface area contributed by atoms with Gasteiger partial charge in [0, 0.05) is 38.2 Å². The van der Waals surface area contributed by atoms with E-state index in [4.69, 9.17) is 4.74 Å². The second-order valence-corrected chi connectivity index (χ2v) is 7.87. The summed E-state index contributed by atoms with van der Waals surface area (Å²) in [5.41, 5.74) is 1.11. The van der Waals surface area contributed by atoms with Gasteiger partial charge in [0.15, 0.2) is 5.96 Å². The van der Waals surface area contributed by atoms with Crippen molar-refractivity contribution in [3.63, 3.8) is 0 Å². The zero-order chi connectivity index (χ0) is 19.6. The molecule has 2 fully saturated rings. The maximum atomic E-state index is 12.1. The number of carbonyl (C=O) groups is 1. The smallest absolute Gasteiger partial charge is 0.221 e. The molecule has 0 saturated heterocycles. The first-order valence-electron chi connectivity index (χ1n) is 10.7. The van der Waals surface area contributed by atoms with Gasteiger partial charge in [0.25, 0.3) is 0 Å². The van der Waals surface area contributed by atoms with Crippen LogP contribution in [0.25, 0.3) is 0 Å². The lowest BCUT2D eigenvalue weighted by Crippen LogP contribution is -2.41. The summed E-state index contributed by atoms with van der Waals surface area (Å²) in [5.74, 6) is 2.48. The molecule has 0 atom stereocenters. The number of hydrogen-bond donors (Lipinski definition) is 3. The van der Waals surface area contributed by atoms with Crippen LogP contribution in [0.2, 0.25) is 0 Å². The van der Waals surface area contributed by atoms with E-state index in [0.29, 0.717) is 31.5 Å². The second kappa shape index (κ2) is 10.9. The van der Waals surface area contributed by atoms with E-state index in [-0.39, 0.29) is 5.91 Å². The third-order valence-electron chi connectivity index (χ3n) is 5.43. The Kier molecular flexibility index (Phi) is 8.00. The summed E-state index contributed by atoms with van der Waals surface area (Å²) >= 11 is 0. The number of carbonyl (C=O) groups excluding carboxylic acids is 1. The Morgan fingerprint density at radius 3 is 2.64 bits per heavy atom. The second-order valence-electron chi connectivity index (χ2n) is 7.87. The topological polar surface area (TPSA) is 74.8 Å². The zero-order valence-corrected chi connectivity index (χ0v) is 17.0. The van der Waals surface area contributed by atoms with Crippen LogP contribution in [-0.4, -0.2) is 38.1 Å². The predicted octanol–water partition coefficient (Wildman–Crippen LogP) is 2.98. The molecule has 28 heavy (non-hydrogen) atoms. The number of benzene rings is 1. The third-order valence-corrected chi connectivity index (χ3v) is 5.43. The Labute approximate surface area is 168 Å². The molecule has 0 unspecified atom stereocenters. The highest BCUT2D eigenvalue weighted by Gasteiger charge is 2.22. The van der Waals surface area contributed by atoms with Crippen LogP contribution in [0.4, 0.5) is 0 Å². The van der Waals surface area contributed by atoms with Gasteiger partial charge in [-0.3, -0.25) is 9.79 Å². The molecular formula is C22H34N4O2. The first-order valence-corrected chi connectivity index (χ1v) is 10.7. The number of aliphatic imine (C=N–C) groups is 1. The van der Waals surface area contributed by atoms with Gasteiger partial charge in [-0.2, -0.15) is 0 Å². The van der Waals surface area contributed by atoms with Crippen LogP contribution < -0.4 is 20.7 Å². The van der Waals surface area contributed by atoms with Crippen LogP contribution in [0.3, 0.4) is 0 Å². The van der Waals surface area contributed by atoms with E-state index in [9.17, 15) is 4.79 Å². The number of para-hydroxylation sites is 1. The van der Waals surface area contributed by atoms with Crippen molar-refractivity contribution in [2.75, 3.05) is 20.2 Å². The van der Waals surface area contributed by atoms with Gasteiger partial charge in [0.05, 0.1) is 6.61 Å². The molecule has 0 aromatic heterocycles. The number of ether oxygens (including phenoxy) is 1. The van der Waals surface area contributed by atoms with E-state index in [2.05, 4.69) is 27.0 Å². The largest absolute Gasteiger partial charge is 0.493 e. The Hall–Kier alpha value is -2.24. The molecule has 3 rings (SSSR count). The van der Waals surface area contributed by atoms with Crippen LogP contribution in [0.5, 0.6) is 5.75 Å². The maximum absolute atomic E-state index is 12.1. The van der Waals surface area contributed by atoms with Crippen LogP contribution in [0.1, 0.15) is 56.9 Å². The van der Waals surface area contributed by atoms with E-state index < -0.39 is 0 Å². The van der Waals surface area contributed by atoms with Crippen molar-refractivity contribution in [1.29, 1.82) is 0 Å². The standard InChI is InChI=1S/C22H34N4O2/c1-23-22(24-14-13-21(27)26-19-8-3-2-4-9-19)25-15-18-7-5-6-10-20(18)28-16-17-11-12-17/h5-7,10,17,19H,2-4,8-9,11-16H2,1H3,(H,26,27)(H2,23,24,25). The fourth-order valence-corrected chi connectivity index (χ4v) is 3.52. The number of hydrogen-bond acceptors (Lipinski definition) is 3. The number of rotatable bonds is 9. The van der Waals surface area contributed by atoms with Gasteiger partial charge in [-0.25, -0.2) is 0 Å². The van der Waals surface area contributed by atoms with E-state index in [1.54, 1.807) is 7.05 Å². The average molecular weight is 387 g/mol. The predicted molar refractivity (Wildman–Crippen MR) is 112 cm³/mol. The maximum Gasteiger partial charge on any atom is 0.221 e. The molecule has 0 aliphatic heterocycles. The molecule has 1 amide bonds. The summed E-state index contributed by atoms with van der Waals surface area (Å²) in [4.78, 5) is 16.4. The molecule has 2 saturated carbocycles. The fraction of sp³-hybridized carbons (Fsp3) is 0.636. The van der Waals surface area contributed by atoms with Crippen LogP contribution in [0.15, 0.2) is 29.3 Å². The van der Waals surface area contributed by atoms with Crippen LogP contribution >= 0.6 is 0 Å². The molecule has 1 aromatic carbocycles. The normalized spacial score (nSPS) is 17.8. The van der Waals surface area contributed by atoms with Gasteiger partial charge in [0.1, 0.15) is 5.75 Å². The van der Waals surface area contributed by atoms with Crippen LogP contribution in [0, 0.1) is 5.92 Å². The summed E-state index contributed by atoms with van der Waals surface area (Å²) in [6.07, 6.45) is 9.01. The Morgan fingerprint density at radius 2 is 1.89 bits per heavy atom. The number of nitrogens with zero attached hydrogens (tertiary/aromatic N) is 1. The quantitative estimate of drug-likeness (QED) is 0.451. The zero-order valence-electron chi connectivity index (χ0n) is 17.0. The van der Waals surface area contributed by atoms with Gasteiger partial charge in [-0.15, -0.1) is 0 Å². The lowest BCUT2D eigenvalue weighted by Gasteiger charge is -2.22. The molecule has 1 aromatic rings. The molecule has 0 bridgehead atoms. The Bertz CT molecular complexity index is 652. The summed E-state index contributed by atoms with van der Waals surface area (Å²) in [6.45, 7) is 2.01. The van der Waals surface area contributed by atoms with Crippen molar-refractivity contribution < 1.29 is 9.53 Å². The lowest BCUT2D eigenvalue weighted by molar-refractivity contribution is -0.121. The summed E-state index contributed by atoms with van der Waals surface area (Å²) in [6, 6.07) is 8.48. The van der Waals surface area contributed by atoms with E-state index in [0.717, 1.165) is 36.7 Å². The summed E-state index contributed by atoms with van der Waals surface area (Å²) in [7, 11) is 1.74. The van der Waals surface area contributed by atoms with E-state index in [1.807, 2.05) is 18.2 Å². The highest BCUT2D eigenvalue weighted by Crippen LogP contribution is 2.30. The number of amides is 1. The van der Waals surface area contributed by atoms with Gasteiger partial charge in [0.2, 0.25) is 5.91 Å². The van der Waals surface area contributed by atoms with Gasteiger partial charge >= 0.3 is 0 Å². The van der Waals surface area contributed by atoms with Crippen molar-refractivity contribution >= 4 is 11.9 Å². The average Bonchev–Trinajstić information content (AvgIpc) is 3.55. The molecule has 2 aliphatic rings. The van der Waals surface area contributed by atoms with Crippen molar-refractivity contribution in [2.45, 2.75) is 64.0 Å². The molecule has 3 N–H and O–H groups in total. The molecule has 0 heterocycles. The molecule has 6 heteroatoms. The van der Waals surface area contributed by atoms with Crippen LogP contribution in [-0.2, 0) is 11.3 Å². The van der Waals surface area contributed by atoms with E-state index >= 15 is 0 Å². The molecule has 0 radical (unpaired) electrons. The molecule has 6 nitrogen and oxygen atoms in total. The highest BCUT2D eigenvalue weighted by atomic mass is 16.5. The lowest BCUT2D eigenvalue weighted by atomic mass is 9.95. The van der Waals surface area contributed by atoms with E-state index in [1.165, 1.54) is 32.1 Å². The van der Waals surface area contributed by atoms with Crippen molar-refractivity contribution in [3.05, 3.63) is 29.8 Å². The molecule has 0 spiro atoms. The van der Waals surface area contributed by atoms with Crippen molar-refractivity contribution in [2.24, 2.45) is 10.9 Å². The first-order chi connectivity index (χ1) is 13.7.